The van der Waals surface area contributed by atoms with Crippen LogP contribution in [0.15, 0.2) is 102 Å². The number of nitro groups is 1. The zero-order chi connectivity index (χ0) is 22.5. The van der Waals surface area contributed by atoms with E-state index in [1.165, 1.54) is 12.1 Å². The number of halogens is 1. The van der Waals surface area contributed by atoms with Crippen LogP contribution in [-0.4, -0.2) is 14.9 Å². The number of nitro benzene ring substituents is 1. The Morgan fingerprint density at radius 2 is 1.39 bits per heavy atom. The van der Waals surface area contributed by atoms with Gasteiger partial charge in [0.25, 0.3) is 5.69 Å². The maximum Gasteiger partial charge on any atom is 0.269 e. The number of nitrogens with zero attached hydrogens (tertiary/aromatic N) is 3. The van der Waals surface area contributed by atoms with Crippen LogP contribution < -0.4 is 16.8 Å². The van der Waals surface area contributed by atoms with Gasteiger partial charge in [0.2, 0.25) is 0 Å². The number of nitrogen functional groups attached to an aromatic ring is 2. The lowest BCUT2D eigenvalue weighted by Gasteiger charge is -2.05. The van der Waals surface area contributed by atoms with Crippen molar-refractivity contribution in [2.24, 2.45) is 0 Å². The first-order valence-electron chi connectivity index (χ1n) is 9.02. The van der Waals surface area contributed by atoms with Crippen molar-refractivity contribution in [1.82, 2.24) is 9.97 Å². The van der Waals surface area contributed by atoms with Crippen molar-refractivity contribution in [2.75, 3.05) is 16.8 Å². The fourth-order valence-electron chi connectivity index (χ4n) is 2.11. The molecule has 0 aliphatic carbocycles. The number of rotatable bonds is 3. The minimum absolute atomic E-state index is 0.114. The molecule has 0 atom stereocenters. The van der Waals surface area contributed by atoms with Crippen LogP contribution in [0, 0.1) is 10.1 Å². The van der Waals surface area contributed by atoms with Crippen molar-refractivity contribution < 1.29 is 4.92 Å². The van der Waals surface area contributed by atoms with Crippen molar-refractivity contribution in [3.05, 3.63) is 112 Å². The molecule has 4 rings (SSSR count). The maximum absolute atomic E-state index is 10.1. The van der Waals surface area contributed by atoms with Gasteiger partial charge >= 0.3 is 0 Å². The number of pyridine rings is 2. The molecule has 0 unspecified atom stereocenters. The van der Waals surface area contributed by atoms with Crippen LogP contribution in [0.1, 0.15) is 0 Å². The molecule has 0 spiro atoms. The van der Waals surface area contributed by atoms with Gasteiger partial charge in [-0.05, 0) is 60.7 Å². The number of nitrogens with one attached hydrogen (secondary N) is 1. The summed E-state index contributed by atoms with van der Waals surface area (Å²) in [5.74, 6) is 0. The summed E-state index contributed by atoms with van der Waals surface area (Å²) in [5, 5.41) is 13.3. The van der Waals surface area contributed by atoms with Crippen LogP contribution >= 0.6 is 15.9 Å². The minimum Gasteiger partial charge on any atom is -0.399 e. The molecule has 8 nitrogen and oxygen atoms in total. The standard InChI is InChI=1S/C11H11N3.C6H4BrNO2.C5H6N2/c12-9-3-5-10(6-4-9)14-11-2-1-7-13-8-11;7-5-1-3-6(4-2-5)8(9)10;6-5-2-1-3-7-4-5/h1-8,14H,12H2;1-4H;1-4H,6H2. The Kier molecular flexibility index (Phi) is 9.44. The SMILES string of the molecule is Nc1ccc(Nc2cccnc2)cc1.Nc1cccnc1.O=[N+]([O-])c1ccc(Br)cc1. The van der Waals surface area contributed by atoms with Crippen LogP contribution in [0.25, 0.3) is 0 Å². The topological polar surface area (TPSA) is 133 Å². The zero-order valence-electron chi connectivity index (χ0n) is 16.4. The lowest BCUT2D eigenvalue weighted by Crippen LogP contribution is -1.91. The molecule has 31 heavy (non-hydrogen) atoms. The number of nitrogens with two attached hydrogens (primary N) is 2. The van der Waals surface area contributed by atoms with E-state index in [1.54, 1.807) is 49.1 Å². The highest BCUT2D eigenvalue weighted by atomic mass is 79.9. The summed E-state index contributed by atoms with van der Waals surface area (Å²) in [7, 11) is 0. The van der Waals surface area contributed by atoms with Gasteiger partial charge in [0, 0.05) is 46.6 Å². The summed E-state index contributed by atoms with van der Waals surface area (Å²) in [6.07, 6.45) is 6.82. The number of aromatic nitrogens is 2. The van der Waals surface area contributed by atoms with E-state index < -0.39 is 4.92 Å². The highest BCUT2D eigenvalue weighted by Crippen LogP contribution is 2.16. The van der Waals surface area contributed by atoms with Crippen molar-refractivity contribution in [3.63, 3.8) is 0 Å². The number of hydrogen-bond acceptors (Lipinski definition) is 7. The third-order valence-electron chi connectivity index (χ3n) is 3.58. The van der Waals surface area contributed by atoms with Crippen molar-refractivity contribution >= 4 is 44.4 Å². The number of anilines is 4. The Bertz CT molecular complexity index is 1050. The van der Waals surface area contributed by atoms with E-state index in [4.69, 9.17) is 11.5 Å². The van der Waals surface area contributed by atoms with Crippen LogP contribution in [0.2, 0.25) is 0 Å². The zero-order valence-corrected chi connectivity index (χ0v) is 18.0. The molecule has 5 N–H and O–H groups in total. The molecule has 0 saturated heterocycles. The summed E-state index contributed by atoms with van der Waals surface area (Å²) in [4.78, 5) is 17.4. The normalized spacial score (nSPS) is 9.32. The summed E-state index contributed by atoms with van der Waals surface area (Å²) in [6.45, 7) is 0. The van der Waals surface area contributed by atoms with Crippen molar-refractivity contribution in [1.29, 1.82) is 0 Å². The smallest absolute Gasteiger partial charge is 0.269 e. The fourth-order valence-corrected chi connectivity index (χ4v) is 2.37. The molecular formula is C22H21BrN6O2. The molecule has 4 aromatic rings. The number of benzene rings is 2. The van der Waals surface area contributed by atoms with Gasteiger partial charge in [0.05, 0.1) is 22.5 Å². The van der Waals surface area contributed by atoms with Crippen LogP contribution in [0.3, 0.4) is 0 Å². The average molecular weight is 481 g/mol. The Labute approximate surface area is 188 Å². The van der Waals surface area contributed by atoms with E-state index in [0.717, 1.165) is 21.5 Å². The van der Waals surface area contributed by atoms with Gasteiger partial charge in [-0.25, -0.2) is 0 Å². The minimum atomic E-state index is -0.424. The van der Waals surface area contributed by atoms with Gasteiger partial charge in [-0.15, -0.1) is 0 Å². The second-order valence-corrected chi connectivity index (χ2v) is 6.92. The largest absolute Gasteiger partial charge is 0.399 e. The van der Waals surface area contributed by atoms with Gasteiger partial charge in [0.1, 0.15) is 0 Å². The Morgan fingerprint density at radius 1 is 0.774 bits per heavy atom. The van der Waals surface area contributed by atoms with Crippen molar-refractivity contribution in [3.8, 4) is 0 Å². The molecule has 9 heteroatoms. The second-order valence-electron chi connectivity index (χ2n) is 6.01. The van der Waals surface area contributed by atoms with Crippen LogP contribution in [-0.2, 0) is 0 Å². The van der Waals surface area contributed by atoms with Gasteiger partial charge in [-0.1, -0.05) is 15.9 Å². The third kappa shape index (κ3) is 9.37. The molecule has 158 valence electrons. The molecule has 0 bridgehead atoms. The first-order chi connectivity index (χ1) is 14.9. The third-order valence-corrected chi connectivity index (χ3v) is 4.11. The Morgan fingerprint density at radius 3 is 1.84 bits per heavy atom. The molecule has 0 aliphatic rings. The lowest BCUT2D eigenvalue weighted by atomic mass is 10.3. The van der Waals surface area contributed by atoms with E-state index in [2.05, 4.69) is 31.2 Å². The summed E-state index contributed by atoms with van der Waals surface area (Å²) < 4.78 is 0.845. The van der Waals surface area contributed by atoms with E-state index >= 15 is 0 Å². The first kappa shape index (κ1) is 23.3. The fraction of sp³-hybridized carbons (Fsp3) is 0. The molecular weight excluding hydrogens is 460 g/mol. The highest BCUT2D eigenvalue weighted by Gasteiger charge is 2.01. The second kappa shape index (κ2) is 12.6. The number of hydrogen-bond donors (Lipinski definition) is 3. The molecule has 0 radical (unpaired) electrons. The molecule has 0 aliphatic heterocycles. The molecule has 2 aromatic carbocycles. The monoisotopic (exact) mass is 480 g/mol. The van der Waals surface area contributed by atoms with Gasteiger partial charge in [0.15, 0.2) is 0 Å². The van der Waals surface area contributed by atoms with Gasteiger partial charge in [-0.2, -0.15) is 0 Å². The quantitative estimate of drug-likeness (QED) is 0.202. The summed E-state index contributed by atoms with van der Waals surface area (Å²) in [6, 6.07) is 21.2. The molecule has 2 heterocycles. The lowest BCUT2D eigenvalue weighted by molar-refractivity contribution is -0.384. The van der Waals surface area contributed by atoms with Crippen LogP contribution in [0.4, 0.5) is 28.4 Å². The van der Waals surface area contributed by atoms with Gasteiger partial charge in [-0.3, -0.25) is 20.1 Å². The molecule has 0 saturated carbocycles. The molecule has 2 aromatic heterocycles. The number of non-ortho nitro benzene ring substituents is 1. The molecule has 0 fully saturated rings. The predicted molar refractivity (Wildman–Crippen MR) is 128 cm³/mol. The van der Waals surface area contributed by atoms with E-state index in [0.29, 0.717) is 5.69 Å². The van der Waals surface area contributed by atoms with Gasteiger partial charge < -0.3 is 16.8 Å². The maximum atomic E-state index is 10.1. The predicted octanol–water partition coefficient (Wildman–Crippen LogP) is 5.43. The van der Waals surface area contributed by atoms with Crippen molar-refractivity contribution in [2.45, 2.75) is 0 Å². The van der Waals surface area contributed by atoms with E-state index in [-0.39, 0.29) is 5.69 Å². The highest BCUT2D eigenvalue weighted by molar-refractivity contribution is 9.10. The van der Waals surface area contributed by atoms with E-state index in [9.17, 15) is 10.1 Å². The van der Waals surface area contributed by atoms with E-state index in [1.807, 2.05) is 36.4 Å². The summed E-state index contributed by atoms with van der Waals surface area (Å²) in [5.41, 5.74) is 14.4. The summed E-state index contributed by atoms with van der Waals surface area (Å²) >= 11 is 3.17. The Hall–Kier alpha value is -3.98. The van der Waals surface area contributed by atoms with Crippen LogP contribution in [0.5, 0.6) is 0 Å². The molecule has 0 amide bonds. The average Bonchev–Trinajstić information content (AvgIpc) is 2.78. The first-order valence-corrected chi connectivity index (χ1v) is 9.81. The Balaban J connectivity index is 0.000000176.